The van der Waals surface area contributed by atoms with Gasteiger partial charge in [0.15, 0.2) is 0 Å². The van der Waals surface area contributed by atoms with E-state index in [2.05, 4.69) is 10.3 Å². The van der Waals surface area contributed by atoms with Crippen LogP contribution in [0.4, 0.5) is 13.2 Å². The van der Waals surface area contributed by atoms with Gasteiger partial charge in [-0.25, -0.2) is 4.98 Å². The summed E-state index contributed by atoms with van der Waals surface area (Å²) in [4.78, 5) is 17.0. The van der Waals surface area contributed by atoms with Crippen LogP contribution in [-0.4, -0.2) is 17.4 Å². The Morgan fingerprint density at radius 2 is 1.95 bits per heavy atom. The molecule has 21 heavy (non-hydrogen) atoms. The summed E-state index contributed by atoms with van der Waals surface area (Å²) < 4.78 is 37.2. The van der Waals surface area contributed by atoms with Crippen molar-refractivity contribution in [3.63, 3.8) is 0 Å². The number of nitrogens with one attached hydrogen (secondary N) is 1. The summed E-state index contributed by atoms with van der Waals surface area (Å²) in [6.45, 7) is 2.31. The molecule has 7 heteroatoms. The zero-order valence-corrected chi connectivity index (χ0v) is 12.0. The van der Waals surface area contributed by atoms with E-state index in [-0.39, 0.29) is 11.5 Å². The third-order valence-electron chi connectivity index (χ3n) is 2.96. The van der Waals surface area contributed by atoms with Gasteiger partial charge in [0.2, 0.25) is 0 Å². The number of benzene rings is 1. The van der Waals surface area contributed by atoms with Crippen LogP contribution < -0.4 is 5.32 Å². The first-order chi connectivity index (χ1) is 9.88. The topological polar surface area (TPSA) is 42.0 Å². The van der Waals surface area contributed by atoms with Gasteiger partial charge in [0.1, 0.15) is 0 Å². The Morgan fingerprint density at radius 1 is 1.29 bits per heavy atom. The SMILES string of the molecule is Cc1ncsc1CCNC(=O)c1ccc(C(F)(F)F)cc1. The Hall–Kier alpha value is -1.89. The lowest BCUT2D eigenvalue weighted by molar-refractivity contribution is -0.137. The molecular weight excluding hydrogens is 301 g/mol. The lowest BCUT2D eigenvalue weighted by atomic mass is 10.1. The Morgan fingerprint density at radius 3 is 2.48 bits per heavy atom. The van der Waals surface area contributed by atoms with Crippen molar-refractivity contribution < 1.29 is 18.0 Å². The quantitative estimate of drug-likeness (QED) is 0.939. The Balaban J connectivity index is 1.90. The largest absolute Gasteiger partial charge is 0.416 e. The van der Waals surface area contributed by atoms with Gasteiger partial charge in [0.05, 0.1) is 16.8 Å². The molecule has 0 fully saturated rings. The van der Waals surface area contributed by atoms with Gasteiger partial charge in [-0.1, -0.05) is 0 Å². The van der Waals surface area contributed by atoms with Crippen LogP contribution in [0.25, 0.3) is 0 Å². The molecule has 0 spiro atoms. The molecule has 0 atom stereocenters. The number of thiazole rings is 1. The molecule has 1 aromatic heterocycles. The Bertz CT molecular complexity index is 620. The molecule has 0 unspecified atom stereocenters. The van der Waals surface area contributed by atoms with Gasteiger partial charge in [-0.3, -0.25) is 4.79 Å². The summed E-state index contributed by atoms with van der Waals surface area (Å²) in [6.07, 6.45) is -3.73. The second-order valence-electron chi connectivity index (χ2n) is 4.44. The Kier molecular flexibility index (Phi) is 4.62. The maximum absolute atomic E-state index is 12.4. The molecule has 2 aromatic rings. The lowest BCUT2D eigenvalue weighted by Crippen LogP contribution is -2.25. The highest BCUT2D eigenvalue weighted by Gasteiger charge is 2.30. The number of halogens is 3. The molecular formula is C14H13F3N2OS. The zero-order chi connectivity index (χ0) is 15.5. The molecule has 0 saturated carbocycles. The van der Waals surface area contributed by atoms with Crippen LogP contribution >= 0.6 is 11.3 Å². The van der Waals surface area contributed by atoms with E-state index < -0.39 is 11.7 Å². The molecule has 2 rings (SSSR count). The van der Waals surface area contributed by atoms with E-state index >= 15 is 0 Å². The monoisotopic (exact) mass is 314 g/mol. The average molecular weight is 314 g/mol. The molecule has 112 valence electrons. The molecule has 3 nitrogen and oxygen atoms in total. The standard InChI is InChI=1S/C14H13F3N2OS/c1-9-12(21-8-19-9)6-7-18-13(20)10-2-4-11(5-3-10)14(15,16)17/h2-5,8H,6-7H2,1H3,(H,18,20). The first kappa shape index (κ1) is 15.5. The lowest BCUT2D eigenvalue weighted by Gasteiger charge is -2.08. The van der Waals surface area contributed by atoms with Gasteiger partial charge in [-0.15, -0.1) is 11.3 Å². The van der Waals surface area contributed by atoms with Crippen molar-refractivity contribution in [2.24, 2.45) is 0 Å². The van der Waals surface area contributed by atoms with Crippen LogP contribution in [0.5, 0.6) is 0 Å². The summed E-state index contributed by atoms with van der Waals surface area (Å²) in [5.41, 5.74) is 2.12. The number of alkyl halides is 3. The van der Waals surface area contributed by atoms with E-state index in [0.29, 0.717) is 13.0 Å². The normalized spacial score (nSPS) is 11.4. The second-order valence-corrected chi connectivity index (χ2v) is 5.38. The third kappa shape index (κ3) is 4.04. The van der Waals surface area contributed by atoms with Crippen LogP contribution in [0.1, 0.15) is 26.5 Å². The summed E-state index contributed by atoms with van der Waals surface area (Å²) >= 11 is 1.51. The highest BCUT2D eigenvalue weighted by atomic mass is 32.1. The first-order valence-corrected chi connectivity index (χ1v) is 7.10. The van der Waals surface area contributed by atoms with Crippen LogP contribution in [0.3, 0.4) is 0 Å². The molecule has 1 heterocycles. The molecule has 0 saturated heterocycles. The van der Waals surface area contributed by atoms with Crippen molar-refractivity contribution in [2.45, 2.75) is 19.5 Å². The number of carbonyl (C=O) groups is 1. The van der Waals surface area contributed by atoms with E-state index in [1.807, 2.05) is 6.92 Å². The molecule has 0 radical (unpaired) electrons. The smallest absolute Gasteiger partial charge is 0.352 e. The van der Waals surface area contributed by atoms with E-state index in [1.54, 1.807) is 5.51 Å². The van der Waals surface area contributed by atoms with E-state index in [1.165, 1.54) is 23.5 Å². The van der Waals surface area contributed by atoms with Crippen LogP contribution in [-0.2, 0) is 12.6 Å². The zero-order valence-electron chi connectivity index (χ0n) is 11.2. The number of rotatable bonds is 4. The van der Waals surface area contributed by atoms with E-state index in [9.17, 15) is 18.0 Å². The minimum Gasteiger partial charge on any atom is -0.352 e. The minimum atomic E-state index is -4.39. The van der Waals surface area contributed by atoms with Crippen molar-refractivity contribution in [3.05, 3.63) is 51.5 Å². The predicted molar refractivity (Wildman–Crippen MR) is 74.3 cm³/mol. The van der Waals surface area contributed by atoms with Gasteiger partial charge in [0.25, 0.3) is 5.91 Å². The number of hydrogen-bond acceptors (Lipinski definition) is 3. The molecule has 1 N–H and O–H groups in total. The maximum Gasteiger partial charge on any atom is 0.416 e. The fourth-order valence-corrected chi connectivity index (χ4v) is 2.55. The molecule has 0 aliphatic heterocycles. The maximum atomic E-state index is 12.4. The number of hydrogen-bond donors (Lipinski definition) is 1. The first-order valence-electron chi connectivity index (χ1n) is 6.22. The van der Waals surface area contributed by atoms with Crippen LogP contribution in [0, 0.1) is 6.92 Å². The number of amides is 1. The van der Waals surface area contributed by atoms with Crippen molar-refractivity contribution in [3.8, 4) is 0 Å². The van der Waals surface area contributed by atoms with Crippen LogP contribution in [0.2, 0.25) is 0 Å². The fraction of sp³-hybridized carbons (Fsp3) is 0.286. The Labute approximate surface area is 123 Å². The van der Waals surface area contributed by atoms with E-state index in [0.717, 1.165) is 22.7 Å². The number of aromatic nitrogens is 1. The third-order valence-corrected chi connectivity index (χ3v) is 3.95. The van der Waals surface area contributed by atoms with Gasteiger partial charge in [0, 0.05) is 23.4 Å². The number of nitrogens with zero attached hydrogens (tertiary/aromatic N) is 1. The summed E-state index contributed by atoms with van der Waals surface area (Å²) in [7, 11) is 0. The summed E-state index contributed by atoms with van der Waals surface area (Å²) in [5.74, 6) is -0.383. The molecule has 1 amide bonds. The van der Waals surface area contributed by atoms with Gasteiger partial charge < -0.3 is 5.32 Å². The van der Waals surface area contributed by atoms with Crippen molar-refractivity contribution in [2.75, 3.05) is 6.54 Å². The second kappa shape index (κ2) is 6.26. The molecule has 0 bridgehead atoms. The van der Waals surface area contributed by atoms with Crippen molar-refractivity contribution >= 4 is 17.2 Å². The van der Waals surface area contributed by atoms with Crippen molar-refractivity contribution in [1.82, 2.24) is 10.3 Å². The average Bonchev–Trinajstić information content (AvgIpc) is 2.83. The number of aryl methyl sites for hydroxylation is 1. The predicted octanol–water partition coefficient (Wildman–Crippen LogP) is 3.44. The highest BCUT2D eigenvalue weighted by Crippen LogP contribution is 2.29. The molecule has 1 aromatic carbocycles. The summed E-state index contributed by atoms with van der Waals surface area (Å²) in [5, 5.41) is 2.68. The van der Waals surface area contributed by atoms with Crippen LogP contribution in [0.15, 0.2) is 29.8 Å². The minimum absolute atomic E-state index is 0.212. The van der Waals surface area contributed by atoms with Gasteiger partial charge in [-0.2, -0.15) is 13.2 Å². The fourth-order valence-electron chi connectivity index (χ4n) is 1.77. The highest BCUT2D eigenvalue weighted by molar-refractivity contribution is 7.09. The van der Waals surface area contributed by atoms with Gasteiger partial charge >= 0.3 is 6.18 Å². The summed E-state index contributed by atoms with van der Waals surface area (Å²) in [6, 6.07) is 4.16. The van der Waals surface area contributed by atoms with Gasteiger partial charge in [-0.05, 0) is 31.2 Å². The number of carbonyl (C=O) groups excluding carboxylic acids is 1. The molecule has 0 aliphatic carbocycles. The molecule has 0 aliphatic rings. The van der Waals surface area contributed by atoms with E-state index in [4.69, 9.17) is 0 Å². The van der Waals surface area contributed by atoms with Crippen molar-refractivity contribution in [1.29, 1.82) is 0 Å².